The van der Waals surface area contributed by atoms with Crippen LogP contribution in [0.4, 0.5) is 0 Å². The Hall–Kier alpha value is -2.86. The number of nitrogens with zero attached hydrogens (tertiary/aromatic N) is 2. The summed E-state index contributed by atoms with van der Waals surface area (Å²) < 4.78 is 6.04. The van der Waals surface area contributed by atoms with Gasteiger partial charge < -0.3 is 20.3 Å². The molecule has 0 radical (unpaired) electrons. The van der Waals surface area contributed by atoms with E-state index in [4.69, 9.17) is 9.73 Å². The number of amides is 1. The summed E-state index contributed by atoms with van der Waals surface area (Å²) in [7, 11) is 0. The van der Waals surface area contributed by atoms with Crippen molar-refractivity contribution in [1.82, 2.24) is 15.5 Å². The number of morpholine rings is 1. The molecule has 1 atom stereocenters. The van der Waals surface area contributed by atoms with E-state index in [2.05, 4.69) is 53.6 Å². The second-order valence-electron chi connectivity index (χ2n) is 7.37. The van der Waals surface area contributed by atoms with Crippen LogP contribution in [0.5, 0.6) is 0 Å². The molecule has 2 N–H and O–H groups in total. The van der Waals surface area contributed by atoms with Crippen LogP contribution in [0.2, 0.25) is 0 Å². The fourth-order valence-corrected chi connectivity index (χ4v) is 3.56. The second kappa shape index (κ2) is 11.4. The summed E-state index contributed by atoms with van der Waals surface area (Å²) in [5, 5.41) is 6.35. The number of hydrogen-bond donors (Lipinski definition) is 2. The van der Waals surface area contributed by atoms with E-state index in [1.807, 2.05) is 30.3 Å². The number of carbonyl (C=O) groups excluding carboxylic acids is 1. The summed E-state index contributed by atoms with van der Waals surface area (Å²) in [6.45, 7) is 8.55. The van der Waals surface area contributed by atoms with Crippen LogP contribution < -0.4 is 10.6 Å². The third kappa shape index (κ3) is 6.07. The molecule has 6 nitrogen and oxygen atoms in total. The fraction of sp³-hybridized carbons (Fsp3) is 0.417. The zero-order valence-electron chi connectivity index (χ0n) is 17.9. The highest BCUT2D eigenvalue weighted by atomic mass is 16.5. The Morgan fingerprint density at radius 3 is 2.67 bits per heavy atom. The monoisotopic (exact) mass is 408 g/mol. The van der Waals surface area contributed by atoms with E-state index in [9.17, 15) is 4.79 Å². The average Bonchev–Trinajstić information content (AvgIpc) is 2.79. The normalized spacial score (nSPS) is 16.9. The first-order valence-corrected chi connectivity index (χ1v) is 10.7. The van der Waals surface area contributed by atoms with Gasteiger partial charge in [-0.2, -0.15) is 0 Å². The van der Waals surface area contributed by atoms with Gasteiger partial charge in [0.05, 0.1) is 13.2 Å². The maximum absolute atomic E-state index is 12.1. The van der Waals surface area contributed by atoms with Crippen LogP contribution in [-0.4, -0.2) is 56.1 Å². The van der Waals surface area contributed by atoms with Gasteiger partial charge in [0.25, 0.3) is 5.91 Å². The molecule has 2 aromatic carbocycles. The number of guanidine groups is 1. The van der Waals surface area contributed by atoms with Crippen molar-refractivity contribution in [2.24, 2.45) is 4.99 Å². The number of hydrogen-bond acceptors (Lipinski definition) is 3. The fourth-order valence-electron chi connectivity index (χ4n) is 3.56. The van der Waals surface area contributed by atoms with Crippen molar-refractivity contribution in [1.29, 1.82) is 0 Å². The number of carbonyl (C=O) groups is 1. The molecule has 1 heterocycles. The van der Waals surface area contributed by atoms with Gasteiger partial charge in [0.1, 0.15) is 6.10 Å². The van der Waals surface area contributed by atoms with Crippen molar-refractivity contribution in [2.75, 3.05) is 39.3 Å². The molecule has 0 bridgehead atoms. The molecule has 30 heavy (non-hydrogen) atoms. The Morgan fingerprint density at radius 1 is 1.13 bits per heavy atom. The van der Waals surface area contributed by atoms with Crippen LogP contribution in [0.15, 0.2) is 59.6 Å². The van der Waals surface area contributed by atoms with Crippen LogP contribution >= 0.6 is 0 Å². The Labute approximate surface area is 179 Å². The van der Waals surface area contributed by atoms with Crippen molar-refractivity contribution in [2.45, 2.75) is 26.4 Å². The number of nitrogens with one attached hydrogen (secondary N) is 2. The van der Waals surface area contributed by atoms with Gasteiger partial charge in [-0.05, 0) is 43.5 Å². The molecule has 6 heteroatoms. The highest BCUT2D eigenvalue weighted by Gasteiger charge is 2.25. The summed E-state index contributed by atoms with van der Waals surface area (Å²) in [4.78, 5) is 19.2. The number of aryl methyl sites for hydroxylation is 1. The highest BCUT2D eigenvalue weighted by molar-refractivity contribution is 5.94. The molecule has 3 rings (SSSR count). The van der Waals surface area contributed by atoms with Crippen molar-refractivity contribution < 1.29 is 9.53 Å². The summed E-state index contributed by atoms with van der Waals surface area (Å²) in [6.07, 6.45) is 0.841. The van der Waals surface area contributed by atoms with Gasteiger partial charge in [-0.15, -0.1) is 0 Å². The van der Waals surface area contributed by atoms with Crippen LogP contribution in [0.3, 0.4) is 0 Å². The molecule has 160 valence electrons. The van der Waals surface area contributed by atoms with Gasteiger partial charge in [-0.25, -0.2) is 0 Å². The summed E-state index contributed by atoms with van der Waals surface area (Å²) in [6, 6.07) is 17.7. The smallest absolute Gasteiger partial charge is 0.251 e. The van der Waals surface area contributed by atoms with Crippen molar-refractivity contribution >= 4 is 11.9 Å². The van der Waals surface area contributed by atoms with Crippen molar-refractivity contribution in [3.63, 3.8) is 0 Å². The molecule has 2 aromatic rings. The molecule has 0 aliphatic carbocycles. The largest absolute Gasteiger partial charge is 0.370 e. The molecule has 1 amide bonds. The summed E-state index contributed by atoms with van der Waals surface area (Å²) >= 11 is 0. The van der Waals surface area contributed by atoms with Crippen LogP contribution in [0.25, 0.3) is 0 Å². The molecule has 1 unspecified atom stereocenters. The molecule has 0 spiro atoms. The van der Waals surface area contributed by atoms with Crippen LogP contribution in [-0.2, 0) is 4.74 Å². The molecule has 0 saturated carbocycles. The number of aliphatic imine (C=N–C) groups is 1. The Balaban J connectivity index is 1.52. The van der Waals surface area contributed by atoms with E-state index in [-0.39, 0.29) is 12.0 Å². The predicted octanol–water partition coefficient (Wildman–Crippen LogP) is 3.15. The first-order valence-electron chi connectivity index (χ1n) is 10.7. The van der Waals surface area contributed by atoms with E-state index in [1.165, 1.54) is 11.1 Å². The van der Waals surface area contributed by atoms with Gasteiger partial charge in [0.2, 0.25) is 0 Å². The minimum atomic E-state index is -0.0410. The molecular weight excluding hydrogens is 376 g/mol. The van der Waals surface area contributed by atoms with E-state index in [0.717, 1.165) is 32.0 Å². The van der Waals surface area contributed by atoms with E-state index in [1.54, 1.807) is 0 Å². The van der Waals surface area contributed by atoms with E-state index in [0.29, 0.717) is 25.3 Å². The molecule has 1 aliphatic rings. The lowest BCUT2D eigenvalue weighted by molar-refractivity contribution is -0.00832. The Kier molecular flexibility index (Phi) is 8.27. The number of benzene rings is 2. The molecule has 1 fully saturated rings. The molecule has 1 aliphatic heterocycles. The van der Waals surface area contributed by atoms with Gasteiger partial charge in [-0.1, -0.05) is 42.5 Å². The third-order valence-electron chi connectivity index (χ3n) is 5.15. The van der Waals surface area contributed by atoms with Gasteiger partial charge in [0, 0.05) is 31.7 Å². The Morgan fingerprint density at radius 2 is 1.90 bits per heavy atom. The maximum Gasteiger partial charge on any atom is 0.251 e. The van der Waals surface area contributed by atoms with Crippen molar-refractivity contribution in [3.8, 4) is 0 Å². The average molecular weight is 409 g/mol. The zero-order chi connectivity index (χ0) is 21.2. The van der Waals surface area contributed by atoms with Crippen LogP contribution in [0, 0.1) is 6.92 Å². The van der Waals surface area contributed by atoms with Crippen molar-refractivity contribution in [3.05, 3.63) is 71.3 Å². The quantitative estimate of drug-likeness (QED) is 0.420. The lowest BCUT2D eigenvalue weighted by atomic mass is 10.0. The Bertz CT molecular complexity index is 838. The second-order valence-corrected chi connectivity index (χ2v) is 7.37. The summed E-state index contributed by atoms with van der Waals surface area (Å²) in [5.41, 5.74) is 3.17. The zero-order valence-corrected chi connectivity index (χ0v) is 17.9. The topological polar surface area (TPSA) is 66.0 Å². The molecule has 0 aromatic heterocycles. The minimum Gasteiger partial charge on any atom is -0.370 e. The first-order chi connectivity index (χ1) is 14.7. The third-order valence-corrected chi connectivity index (χ3v) is 5.15. The van der Waals surface area contributed by atoms with Gasteiger partial charge in [0.15, 0.2) is 5.96 Å². The van der Waals surface area contributed by atoms with Gasteiger partial charge >= 0.3 is 0 Å². The number of ether oxygens (including phenoxy) is 1. The van der Waals surface area contributed by atoms with Crippen LogP contribution in [0.1, 0.15) is 40.9 Å². The predicted molar refractivity (Wildman–Crippen MR) is 121 cm³/mol. The minimum absolute atomic E-state index is 0.0410. The lowest BCUT2D eigenvalue weighted by Crippen LogP contribution is -2.48. The number of rotatable bonds is 7. The first kappa shape index (κ1) is 21.8. The van der Waals surface area contributed by atoms with E-state index >= 15 is 0 Å². The van der Waals surface area contributed by atoms with Gasteiger partial charge in [-0.3, -0.25) is 9.79 Å². The highest BCUT2D eigenvalue weighted by Crippen LogP contribution is 2.24. The molecule has 1 saturated heterocycles. The maximum atomic E-state index is 12.1. The molecular formula is C24H32N4O2. The lowest BCUT2D eigenvalue weighted by Gasteiger charge is -2.35. The standard InChI is InChI=1S/C24H32N4O2/c1-3-25-24(27-15-9-14-26-23(29)20-11-5-4-6-12-20)28-16-17-30-22(18-28)21-13-8-7-10-19(21)2/h4-8,10-13,22H,3,9,14-18H2,1-2H3,(H,25,27)(H,26,29). The SMILES string of the molecule is CCNC(=NCCCNC(=O)c1ccccc1)N1CCOC(c2ccccc2C)C1. The van der Waals surface area contributed by atoms with E-state index < -0.39 is 0 Å². The summed E-state index contributed by atoms with van der Waals surface area (Å²) in [5.74, 6) is 0.870.